The van der Waals surface area contributed by atoms with E-state index in [9.17, 15) is 17.6 Å². The van der Waals surface area contributed by atoms with Gasteiger partial charge in [-0.3, -0.25) is 4.79 Å². The zero-order chi connectivity index (χ0) is 17.2. The van der Waals surface area contributed by atoms with E-state index in [1.807, 2.05) is 6.07 Å². The Kier molecular flexibility index (Phi) is 4.27. The van der Waals surface area contributed by atoms with E-state index in [2.05, 4.69) is 0 Å². The minimum atomic E-state index is -3.74. The molecule has 0 saturated carbocycles. The lowest BCUT2D eigenvalue weighted by Gasteiger charge is -2.06. The second kappa shape index (κ2) is 6.37. The molecule has 0 aliphatic heterocycles. The van der Waals surface area contributed by atoms with E-state index < -0.39 is 15.7 Å². The third-order valence-electron chi connectivity index (χ3n) is 3.59. The van der Waals surface area contributed by atoms with Gasteiger partial charge in [0.1, 0.15) is 5.82 Å². The van der Waals surface area contributed by atoms with Crippen molar-refractivity contribution < 1.29 is 17.6 Å². The van der Waals surface area contributed by atoms with Crippen molar-refractivity contribution in [2.45, 2.75) is 9.79 Å². The molecule has 0 aliphatic carbocycles. The summed E-state index contributed by atoms with van der Waals surface area (Å²) in [4.78, 5) is 12.4. The van der Waals surface area contributed by atoms with Gasteiger partial charge < -0.3 is 0 Å². The van der Waals surface area contributed by atoms with Crippen molar-refractivity contribution in [3.8, 4) is 0 Å². The first-order valence-electron chi connectivity index (χ1n) is 7.19. The number of halogens is 1. The van der Waals surface area contributed by atoms with Crippen LogP contribution in [0.3, 0.4) is 0 Å². The number of hydrogen-bond acceptors (Lipinski definition) is 3. The van der Waals surface area contributed by atoms with Crippen molar-refractivity contribution in [1.29, 1.82) is 0 Å². The van der Waals surface area contributed by atoms with Gasteiger partial charge in [-0.15, -0.1) is 0 Å². The average Bonchev–Trinajstić information content (AvgIpc) is 2.62. The molecule has 0 fully saturated rings. The first-order valence-corrected chi connectivity index (χ1v) is 8.67. The molecule has 5 heteroatoms. The van der Waals surface area contributed by atoms with Crippen molar-refractivity contribution in [3.63, 3.8) is 0 Å². The Morgan fingerprint density at radius 3 is 1.67 bits per heavy atom. The number of benzene rings is 3. The van der Waals surface area contributed by atoms with Crippen LogP contribution in [-0.2, 0) is 9.84 Å². The van der Waals surface area contributed by atoms with Gasteiger partial charge in [0.15, 0.2) is 5.78 Å². The molecule has 120 valence electrons. The molecule has 3 aromatic rings. The highest BCUT2D eigenvalue weighted by atomic mass is 32.2. The number of carbonyl (C=O) groups excluding carboxylic acids is 1. The van der Waals surface area contributed by atoms with Crippen LogP contribution in [0.5, 0.6) is 0 Å². The number of sulfone groups is 1. The molecule has 0 aromatic heterocycles. The Balaban J connectivity index is 1.92. The predicted molar refractivity (Wildman–Crippen MR) is 88.2 cm³/mol. The number of rotatable bonds is 4. The lowest BCUT2D eigenvalue weighted by Crippen LogP contribution is -2.04. The first-order chi connectivity index (χ1) is 11.5. The second-order valence-electron chi connectivity index (χ2n) is 5.18. The van der Waals surface area contributed by atoms with Crippen molar-refractivity contribution in [2.24, 2.45) is 0 Å². The largest absolute Gasteiger partial charge is 0.289 e. The molecule has 0 amide bonds. The normalized spacial score (nSPS) is 11.2. The fraction of sp³-hybridized carbons (Fsp3) is 0. The maximum atomic E-state index is 12.9. The summed E-state index contributed by atoms with van der Waals surface area (Å²) in [5.74, 6) is -0.681. The molecule has 0 heterocycles. The Labute approximate surface area is 139 Å². The third kappa shape index (κ3) is 3.12. The predicted octanol–water partition coefficient (Wildman–Crippen LogP) is 3.89. The third-order valence-corrected chi connectivity index (χ3v) is 5.37. The molecule has 24 heavy (non-hydrogen) atoms. The van der Waals surface area contributed by atoms with Crippen LogP contribution in [-0.4, -0.2) is 14.2 Å². The van der Waals surface area contributed by atoms with Gasteiger partial charge in [0.05, 0.1) is 9.79 Å². The quantitative estimate of drug-likeness (QED) is 0.535. The van der Waals surface area contributed by atoms with Crippen LogP contribution >= 0.6 is 0 Å². The maximum absolute atomic E-state index is 12.9. The molecule has 0 saturated heterocycles. The van der Waals surface area contributed by atoms with Gasteiger partial charge in [0.25, 0.3) is 0 Å². The zero-order valence-corrected chi connectivity index (χ0v) is 13.3. The second-order valence-corrected chi connectivity index (χ2v) is 7.13. The van der Waals surface area contributed by atoms with Crippen molar-refractivity contribution in [2.75, 3.05) is 0 Å². The highest BCUT2D eigenvalue weighted by Crippen LogP contribution is 2.22. The standard InChI is InChI=1S/C19H13FO3S/c20-16-8-12-18(13-9-16)24(22,23)17-10-6-15(7-11-17)19(21)14-4-2-1-3-5-14/h1-13H. The van der Waals surface area contributed by atoms with Crippen molar-refractivity contribution >= 4 is 15.6 Å². The van der Waals surface area contributed by atoms with Gasteiger partial charge in [0.2, 0.25) is 9.84 Å². The van der Waals surface area contributed by atoms with Crippen LogP contribution in [0.4, 0.5) is 4.39 Å². The van der Waals surface area contributed by atoms with E-state index in [0.29, 0.717) is 11.1 Å². The highest BCUT2D eigenvalue weighted by molar-refractivity contribution is 7.91. The van der Waals surface area contributed by atoms with Crippen LogP contribution in [0, 0.1) is 5.82 Å². The number of hydrogen-bond donors (Lipinski definition) is 0. The molecule has 0 unspecified atom stereocenters. The maximum Gasteiger partial charge on any atom is 0.206 e. The molecular formula is C19H13FO3S. The highest BCUT2D eigenvalue weighted by Gasteiger charge is 2.18. The average molecular weight is 340 g/mol. The van der Waals surface area contributed by atoms with Gasteiger partial charge in [-0.2, -0.15) is 0 Å². The van der Waals surface area contributed by atoms with Crippen molar-refractivity contribution in [3.05, 3.63) is 95.8 Å². The van der Waals surface area contributed by atoms with Crippen LogP contribution in [0.2, 0.25) is 0 Å². The fourth-order valence-electron chi connectivity index (χ4n) is 2.29. The molecular weight excluding hydrogens is 327 g/mol. The van der Waals surface area contributed by atoms with E-state index in [4.69, 9.17) is 0 Å². The number of carbonyl (C=O) groups is 1. The van der Waals surface area contributed by atoms with E-state index in [-0.39, 0.29) is 15.6 Å². The molecule has 0 spiro atoms. The zero-order valence-electron chi connectivity index (χ0n) is 12.5. The van der Waals surface area contributed by atoms with Gasteiger partial charge in [-0.25, -0.2) is 12.8 Å². The molecule has 0 atom stereocenters. The van der Waals surface area contributed by atoms with Crippen LogP contribution in [0.25, 0.3) is 0 Å². The summed E-state index contributed by atoms with van der Waals surface area (Å²) in [5.41, 5.74) is 0.936. The monoisotopic (exact) mass is 340 g/mol. The summed E-state index contributed by atoms with van der Waals surface area (Å²) in [6.07, 6.45) is 0. The summed E-state index contributed by atoms with van der Waals surface area (Å²) in [5, 5.41) is 0. The van der Waals surface area contributed by atoms with E-state index in [1.165, 1.54) is 36.4 Å². The Bertz CT molecular complexity index is 961. The summed E-state index contributed by atoms with van der Waals surface area (Å²) >= 11 is 0. The molecule has 3 nitrogen and oxygen atoms in total. The summed E-state index contributed by atoms with van der Waals surface area (Å²) in [6.45, 7) is 0. The first kappa shape index (κ1) is 16.1. The molecule has 3 rings (SSSR count). The molecule has 0 radical (unpaired) electrons. The van der Waals surface area contributed by atoms with Crippen LogP contribution < -0.4 is 0 Å². The molecule has 3 aromatic carbocycles. The molecule has 0 N–H and O–H groups in total. The SMILES string of the molecule is O=C(c1ccccc1)c1ccc(S(=O)(=O)c2ccc(F)cc2)cc1. The lowest BCUT2D eigenvalue weighted by molar-refractivity contribution is 0.103. The van der Waals surface area contributed by atoms with Gasteiger partial charge in [-0.1, -0.05) is 30.3 Å². The van der Waals surface area contributed by atoms with Crippen LogP contribution in [0.1, 0.15) is 15.9 Å². The molecule has 0 bridgehead atoms. The lowest BCUT2D eigenvalue weighted by atomic mass is 10.0. The summed E-state index contributed by atoms with van der Waals surface area (Å²) in [7, 11) is -3.74. The van der Waals surface area contributed by atoms with Gasteiger partial charge >= 0.3 is 0 Å². The van der Waals surface area contributed by atoms with E-state index in [1.54, 1.807) is 24.3 Å². The Morgan fingerprint density at radius 2 is 1.12 bits per heavy atom. The fourth-order valence-corrected chi connectivity index (χ4v) is 3.55. The number of ketones is 1. The minimum absolute atomic E-state index is 0.00559. The minimum Gasteiger partial charge on any atom is -0.289 e. The Hall–Kier alpha value is -2.79. The summed E-state index contributed by atoms with van der Waals surface area (Å²) in [6, 6.07) is 19.1. The molecule has 0 aliphatic rings. The topological polar surface area (TPSA) is 51.2 Å². The van der Waals surface area contributed by atoms with Crippen LogP contribution in [0.15, 0.2) is 88.7 Å². The van der Waals surface area contributed by atoms with E-state index >= 15 is 0 Å². The van der Waals surface area contributed by atoms with Gasteiger partial charge in [0, 0.05) is 11.1 Å². The van der Waals surface area contributed by atoms with Crippen molar-refractivity contribution in [1.82, 2.24) is 0 Å². The van der Waals surface area contributed by atoms with Gasteiger partial charge in [-0.05, 0) is 48.5 Å². The summed E-state index contributed by atoms with van der Waals surface area (Å²) < 4.78 is 37.9. The smallest absolute Gasteiger partial charge is 0.206 e. The van der Waals surface area contributed by atoms with E-state index in [0.717, 1.165) is 12.1 Å². The Morgan fingerprint density at radius 1 is 0.667 bits per heavy atom.